The zero-order chi connectivity index (χ0) is 19.1. The first-order valence-electron chi connectivity index (χ1n) is 10.1. The Kier molecular flexibility index (Phi) is 7.50. The van der Waals surface area contributed by atoms with E-state index in [2.05, 4.69) is 24.1 Å². The molecular weight excluding hydrogens is 344 g/mol. The second kappa shape index (κ2) is 10.1. The second-order valence-corrected chi connectivity index (χ2v) is 7.83. The quantitative estimate of drug-likeness (QED) is 0.755. The van der Waals surface area contributed by atoms with Gasteiger partial charge < -0.3 is 19.5 Å². The van der Waals surface area contributed by atoms with Gasteiger partial charge in [0.05, 0.1) is 18.8 Å². The molecule has 3 rings (SSSR count). The highest BCUT2D eigenvalue weighted by Crippen LogP contribution is 2.17. The molecule has 27 heavy (non-hydrogen) atoms. The summed E-state index contributed by atoms with van der Waals surface area (Å²) in [4.78, 5) is 14.9. The first-order valence-corrected chi connectivity index (χ1v) is 10.1. The number of hydrogen-bond donors (Lipinski definition) is 1. The van der Waals surface area contributed by atoms with E-state index < -0.39 is 0 Å². The first-order chi connectivity index (χ1) is 13.1. The average molecular weight is 376 g/mol. The molecule has 0 bridgehead atoms. The molecular formula is C21H32N2O4. The van der Waals surface area contributed by atoms with Crippen LogP contribution < -0.4 is 10.1 Å². The van der Waals surface area contributed by atoms with Gasteiger partial charge in [0.15, 0.2) is 0 Å². The number of ether oxygens (including phenoxy) is 3. The van der Waals surface area contributed by atoms with Gasteiger partial charge in [-0.1, -0.05) is 19.9 Å². The molecule has 0 saturated carbocycles. The molecule has 2 saturated heterocycles. The van der Waals surface area contributed by atoms with Gasteiger partial charge in [-0.05, 0) is 37.0 Å². The number of amides is 1. The topological polar surface area (TPSA) is 60.0 Å². The fraction of sp³-hybridized carbons (Fsp3) is 0.667. The Labute approximate surface area is 162 Å². The fourth-order valence-corrected chi connectivity index (χ4v) is 3.59. The van der Waals surface area contributed by atoms with E-state index in [0.29, 0.717) is 30.4 Å². The van der Waals surface area contributed by atoms with E-state index in [1.807, 2.05) is 12.1 Å². The van der Waals surface area contributed by atoms with Gasteiger partial charge in [0.1, 0.15) is 12.4 Å². The minimum Gasteiger partial charge on any atom is -0.491 e. The largest absolute Gasteiger partial charge is 0.491 e. The molecule has 6 heteroatoms. The lowest BCUT2D eigenvalue weighted by Crippen LogP contribution is -2.48. The number of carbonyl (C=O) groups is 1. The maximum Gasteiger partial charge on any atom is 0.251 e. The zero-order valence-electron chi connectivity index (χ0n) is 16.5. The molecule has 0 spiro atoms. The maximum atomic E-state index is 12.5. The van der Waals surface area contributed by atoms with Gasteiger partial charge in [-0.25, -0.2) is 0 Å². The molecule has 2 aliphatic heterocycles. The summed E-state index contributed by atoms with van der Waals surface area (Å²) in [7, 11) is 0. The van der Waals surface area contributed by atoms with Crippen molar-refractivity contribution in [3.05, 3.63) is 29.8 Å². The van der Waals surface area contributed by atoms with Crippen LogP contribution in [0.3, 0.4) is 0 Å². The molecule has 2 unspecified atom stereocenters. The van der Waals surface area contributed by atoms with Gasteiger partial charge in [0, 0.05) is 38.3 Å². The van der Waals surface area contributed by atoms with Crippen molar-refractivity contribution < 1.29 is 19.0 Å². The molecule has 1 N–H and O–H groups in total. The number of benzene rings is 1. The Bertz CT molecular complexity index is 602. The number of hydrogen-bond acceptors (Lipinski definition) is 5. The van der Waals surface area contributed by atoms with E-state index >= 15 is 0 Å². The van der Waals surface area contributed by atoms with Crippen LogP contribution in [0.2, 0.25) is 0 Å². The lowest BCUT2D eigenvalue weighted by Gasteiger charge is -2.33. The van der Waals surface area contributed by atoms with Crippen LogP contribution in [0.15, 0.2) is 24.3 Å². The van der Waals surface area contributed by atoms with Crippen molar-refractivity contribution in [1.82, 2.24) is 10.2 Å². The molecule has 1 amide bonds. The van der Waals surface area contributed by atoms with Crippen LogP contribution in [-0.4, -0.2) is 69.0 Å². The monoisotopic (exact) mass is 376 g/mol. The molecule has 6 nitrogen and oxygen atoms in total. The van der Waals surface area contributed by atoms with Crippen LogP contribution in [0.25, 0.3) is 0 Å². The lowest BCUT2D eigenvalue weighted by atomic mass is 10.1. The smallest absolute Gasteiger partial charge is 0.251 e. The Morgan fingerprint density at radius 3 is 2.93 bits per heavy atom. The molecule has 2 fully saturated rings. The zero-order valence-corrected chi connectivity index (χ0v) is 16.5. The summed E-state index contributed by atoms with van der Waals surface area (Å²) in [6, 6.07) is 7.32. The van der Waals surface area contributed by atoms with Crippen LogP contribution in [0.1, 0.15) is 37.0 Å². The number of rotatable bonds is 8. The highest BCUT2D eigenvalue weighted by molar-refractivity contribution is 5.94. The summed E-state index contributed by atoms with van der Waals surface area (Å²) >= 11 is 0. The van der Waals surface area contributed by atoms with E-state index in [1.54, 1.807) is 12.1 Å². The predicted molar refractivity (Wildman–Crippen MR) is 104 cm³/mol. The molecule has 150 valence electrons. The van der Waals surface area contributed by atoms with Gasteiger partial charge in [0.25, 0.3) is 5.91 Å². The van der Waals surface area contributed by atoms with Gasteiger partial charge in [0.2, 0.25) is 0 Å². The fourth-order valence-electron chi connectivity index (χ4n) is 3.59. The molecule has 0 radical (unpaired) electrons. The summed E-state index contributed by atoms with van der Waals surface area (Å²) in [6.07, 6.45) is 2.34. The molecule has 2 aliphatic rings. The van der Waals surface area contributed by atoms with Gasteiger partial charge in [-0.15, -0.1) is 0 Å². The highest BCUT2D eigenvalue weighted by Gasteiger charge is 2.22. The number of nitrogens with one attached hydrogen (secondary N) is 1. The SMILES string of the molecule is CC(C)CN1CCOC(CNC(=O)c2cccc(OCC3CCCO3)c2)C1. The minimum absolute atomic E-state index is 0.0420. The van der Waals surface area contributed by atoms with Crippen molar-refractivity contribution in [3.63, 3.8) is 0 Å². The van der Waals surface area contributed by atoms with Crippen LogP contribution in [0.5, 0.6) is 5.75 Å². The van der Waals surface area contributed by atoms with Crippen molar-refractivity contribution in [3.8, 4) is 5.75 Å². The van der Waals surface area contributed by atoms with E-state index in [0.717, 1.165) is 45.7 Å². The molecule has 1 aromatic carbocycles. The van der Waals surface area contributed by atoms with Gasteiger partial charge >= 0.3 is 0 Å². The van der Waals surface area contributed by atoms with Gasteiger partial charge in [-0.3, -0.25) is 9.69 Å². The van der Waals surface area contributed by atoms with E-state index in [-0.39, 0.29) is 18.1 Å². The minimum atomic E-state index is -0.0952. The van der Waals surface area contributed by atoms with Crippen LogP contribution in [-0.2, 0) is 9.47 Å². The Hall–Kier alpha value is -1.63. The molecule has 2 atom stereocenters. The maximum absolute atomic E-state index is 12.5. The number of nitrogens with zero attached hydrogens (tertiary/aromatic N) is 1. The Morgan fingerprint density at radius 1 is 1.30 bits per heavy atom. The first kappa shape index (κ1) is 20.1. The third-order valence-corrected chi connectivity index (χ3v) is 4.89. The molecule has 0 aromatic heterocycles. The van der Waals surface area contributed by atoms with Crippen molar-refractivity contribution in [2.24, 2.45) is 5.92 Å². The molecule has 2 heterocycles. The second-order valence-electron chi connectivity index (χ2n) is 7.83. The number of morpholine rings is 1. The summed E-state index contributed by atoms with van der Waals surface area (Å²) in [5.74, 6) is 1.24. The predicted octanol–water partition coefficient (Wildman–Crippen LogP) is 2.33. The van der Waals surface area contributed by atoms with Crippen molar-refractivity contribution >= 4 is 5.91 Å². The van der Waals surface area contributed by atoms with Crippen LogP contribution >= 0.6 is 0 Å². The van der Waals surface area contributed by atoms with Crippen molar-refractivity contribution in [2.75, 3.05) is 46.0 Å². The normalized spacial score (nSPS) is 23.5. The van der Waals surface area contributed by atoms with Gasteiger partial charge in [-0.2, -0.15) is 0 Å². The summed E-state index contributed by atoms with van der Waals surface area (Å²) in [5, 5.41) is 3.00. The summed E-state index contributed by atoms with van der Waals surface area (Å²) in [6.45, 7) is 9.93. The molecule has 1 aromatic rings. The highest BCUT2D eigenvalue weighted by atomic mass is 16.5. The Balaban J connectivity index is 1.45. The van der Waals surface area contributed by atoms with Crippen LogP contribution in [0, 0.1) is 5.92 Å². The van der Waals surface area contributed by atoms with E-state index in [9.17, 15) is 4.79 Å². The third kappa shape index (κ3) is 6.48. The lowest BCUT2D eigenvalue weighted by molar-refractivity contribution is -0.0295. The van der Waals surface area contributed by atoms with E-state index in [4.69, 9.17) is 14.2 Å². The standard InChI is InChI=1S/C21H32N2O4/c1-16(2)13-23-8-10-26-20(14-23)12-22-21(24)17-5-3-6-18(11-17)27-15-19-7-4-9-25-19/h3,5-6,11,16,19-20H,4,7-10,12-15H2,1-2H3,(H,22,24). The Morgan fingerprint density at radius 2 is 2.15 bits per heavy atom. The van der Waals surface area contributed by atoms with Crippen LogP contribution in [0.4, 0.5) is 0 Å². The van der Waals surface area contributed by atoms with Crippen molar-refractivity contribution in [2.45, 2.75) is 38.9 Å². The van der Waals surface area contributed by atoms with E-state index in [1.165, 1.54) is 0 Å². The summed E-state index contributed by atoms with van der Waals surface area (Å²) < 4.78 is 17.2. The molecule has 0 aliphatic carbocycles. The third-order valence-electron chi connectivity index (χ3n) is 4.89. The summed E-state index contributed by atoms with van der Waals surface area (Å²) in [5.41, 5.74) is 0.606. The average Bonchev–Trinajstić information content (AvgIpc) is 3.18. The number of carbonyl (C=O) groups excluding carboxylic acids is 1. The van der Waals surface area contributed by atoms with Crippen molar-refractivity contribution in [1.29, 1.82) is 0 Å².